The Morgan fingerprint density at radius 3 is 2.36 bits per heavy atom. The van der Waals surface area contributed by atoms with Gasteiger partial charge in [0.15, 0.2) is 0 Å². The predicted octanol–water partition coefficient (Wildman–Crippen LogP) is 2.59. The van der Waals surface area contributed by atoms with Gasteiger partial charge in [-0.15, -0.1) is 0 Å². The van der Waals surface area contributed by atoms with E-state index in [1.54, 1.807) is 19.9 Å². The minimum Gasteiger partial charge on any atom is -0.478 e. The van der Waals surface area contributed by atoms with Crippen LogP contribution in [-0.4, -0.2) is 32.6 Å². The molecule has 0 bridgehead atoms. The Hall–Kier alpha value is -2.87. The van der Waals surface area contributed by atoms with E-state index in [-0.39, 0.29) is 21.7 Å². The number of esters is 1. The van der Waals surface area contributed by atoms with Gasteiger partial charge in [0.1, 0.15) is 0 Å². The van der Waals surface area contributed by atoms with Crippen LogP contribution in [0.25, 0.3) is 0 Å². The number of benzene rings is 2. The standard InChI is InChI=1S/C17H17NO6S/c1-10-7-8-12(17(21)24-3)9-14(10)25(22,23)18-15-11(2)5-4-6-13(15)16(19)20/h4-9,18H,1-3H3,(H,19,20). The minimum absolute atomic E-state index is 0.0159. The molecule has 2 aromatic carbocycles. The fourth-order valence-corrected chi connectivity index (χ4v) is 3.73. The van der Waals surface area contributed by atoms with Crippen LogP contribution < -0.4 is 4.72 Å². The summed E-state index contributed by atoms with van der Waals surface area (Å²) in [5.74, 6) is -1.92. The van der Waals surface area contributed by atoms with Crippen molar-refractivity contribution in [3.63, 3.8) is 0 Å². The van der Waals surface area contributed by atoms with Gasteiger partial charge in [-0.05, 0) is 43.2 Å². The van der Waals surface area contributed by atoms with Gasteiger partial charge >= 0.3 is 11.9 Å². The number of carbonyl (C=O) groups excluding carboxylic acids is 1. The number of ether oxygens (including phenoxy) is 1. The third-order valence-electron chi connectivity index (χ3n) is 3.64. The molecule has 0 radical (unpaired) electrons. The van der Waals surface area contributed by atoms with Crippen molar-refractivity contribution in [2.75, 3.05) is 11.8 Å². The van der Waals surface area contributed by atoms with Crippen LogP contribution in [0.2, 0.25) is 0 Å². The first-order valence-electron chi connectivity index (χ1n) is 7.22. The largest absolute Gasteiger partial charge is 0.478 e. The van der Waals surface area contributed by atoms with Gasteiger partial charge in [-0.2, -0.15) is 0 Å². The monoisotopic (exact) mass is 363 g/mol. The summed E-state index contributed by atoms with van der Waals surface area (Å²) in [4.78, 5) is 22.9. The maximum atomic E-state index is 12.8. The van der Waals surface area contributed by atoms with E-state index in [0.717, 1.165) is 0 Å². The third-order valence-corrected chi connectivity index (χ3v) is 5.13. The van der Waals surface area contributed by atoms with E-state index in [1.807, 2.05) is 0 Å². The molecule has 0 aliphatic rings. The van der Waals surface area contributed by atoms with Gasteiger partial charge in [0.05, 0.1) is 28.8 Å². The van der Waals surface area contributed by atoms with Crippen LogP contribution >= 0.6 is 0 Å². The molecule has 0 aliphatic heterocycles. The van der Waals surface area contributed by atoms with Crippen LogP contribution in [0.5, 0.6) is 0 Å². The number of anilines is 1. The fraction of sp³-hybridized carbons (Fsp3) is 0.176. The number of rotatable bonds is 5. The van der Waals surface area contributed by atoms with Crippen molar-refractivity contribution in [2.45, 2.75) is 18.7 Å². The summed E-state index contributed by atoms with van der Waals surface area (Å²) in [5, 5.41) is 9.26. The molecule has 8 heteroatoms. The maximum Gasteiger partial charge on any atom is 0.337 e. The summed E-state index contributed by atoms with van der Waals surface area (Å²) in [7, 11) is -2.91. The van der Waals surface area contributed by atoms with Gasteiger partial charge in [-0.25, -0.2) is 18.0 Å². The van der Waals surface area contributed by atoms with E-state index < -0.39 is 22.0 Å². The zero-order chi connectivity index (χ0) is 18.8. The molecule has 7 nitrogen and oxygen atoms in total. The molecule has 0 atom stereocenters. The van der Waals surface area contributed by atoms with Gasteiger partial charge in [-0.3, -0.25) is 4.72 Å². The molecule has 0 spiro atoms. The lowest BCUT2D eigenvalue weighted by molar-refractivity contribution is 0.0599. The summed E-state index contributed by atoms with van der Waals surface area (Å²) < 4.78 is 32.4. The highest BCUT2D eigenvalue weighted by atomic mass is 32.2. The number of carboxylic acid groups (broad SMARTS) is 1. The first-order valence-corrected chi connectivity index (χ1v) is 8.70. The van der Waals surface area contributed by atoms with Crippen LogP contribution in [0.4, 0.5) is 5.69 Å². The first kappa shape index (κ1) is 18.5. The normalized spacial score (nSPS) is 11.0. The highest BCUT2D eigenvalue weighted by molar-refractivity contribution is 7.92. The Labute approximate surface area is 145 Å². The minimum atomic E-state index is -4.11. The molecule has 0 saturated heterocycles. The van der Waals surface area contributed by atoms with Crippen molar-refractivity contribution in [2.24, 2.45) is 0 Å². The van der Waals surface area contributed by atoms with Gasteiger partial charge in [-0.1, -0.05) is 18.2 Å². The quantitative estimate of drug-likeness (QED) is 0.790. The number of methoxy groups -OCH3 is 1. The van der Waals surface area contributed by atoms with Gasteiger partial charge in [0.2, 0.25) is 0 Å². The van der Waals surface area contributed by atoms with Crippen molar-refractivity contribution in [3.8, 4) is 0 Å². The molecule has 0 aromatic heterocycles. The van der Waals surface area contributed by atoms with E-state index in [4.69, 9.17) is 0 Å². The molecule has 2 N–H and O–H groups in total. The molecule has 0 unspecified atom stereocenters. The van der Waals surface area contributed by atoms with Crippen LogP contribution in [0, 0.1) is 13.8 Å². The topological polar surface area (TPSA) is 110 Å². The molecule has 132 valence electrons. The summed E-state index contributed by atoms with van der Waals surface area (Å²) in [6.07, 6.45) is 0. The van der Waals surface area contributed by atoms with E-state index >= 15 is 0 Å². The number of nitrogens with one attached hydrogen (secondary N) is 1. The second-order valence-electron chi connectivity index (χ2n) is 5.38. The Morgan fingerprint density at radius 1 is 1.08 bits per heavy atom. The zero-order valence-corrected chi connectivity index (χ0v) is 14.7. The first-order chi connectivity index (χ1) is 11.7. The van der Waals surface area contributed by atoms with Gasteiger partial charge < -0.3 is 9.84 Å². The lowest BCUT2D eigenvalue weighted by atomic mass is 10.1. The summed E-state index contributed by atoms with van der Waals surface area (Å²) in [5.41, 5.74) is 0.774. The van der Waals surface area contributed by atoms with E-state index in [2.05, 4.69) is 9.46 Å². The number of aryl methyl sites for hydroxylation is 2. The number of carboxylic acids is 1. The lowest BCUT2D eigenvalue weighted by Crippen LogP contribution is -2.18. The van der Waals surface area contributed by atoms with E-state index in [0.29, 0.717) is 11.1 Å². The Kier molecular flexibility index (Phi) is 5.13. The molecular formula is C17H17NO6S. The molecule has 2 aromatic rings. The molecule has 0 amide bonds. The van der Waals surface area contributed by atoms with Gasteiger partial charge in [0, 0.05) is 0 Å². The van der Waals surface area contributed by atoms with Crippen LogP contribution in [0.15, 0.2) is 41.3 Å². The number of sulfonamides is 1. The zero-order valence-electron chi connectivity index (χ0n) is 13.9. The molecule has 25 heavy (non-hydrogen) atoms. The molecule has 0 heterocycles. The van der Waals surface area contributed by atoms with Crippen molar-refractivity contribution in [1.82, 2.24) is 0 Å². The predicted molar refractivity (Wildman–Crippen MR) is 91.5 cm³/mol. The smallest absolute Gasteiger partial charge is 0.337 e. The van der Waals surface area contributed by atoms with Crippen molar-refractivity contribution < 1.29 is 27.9 Å². The van der Waals surface area contributed by atoms with Crippen molar-refractivity contribution in [3.05, 3.63) is 58.7 Å². The highest BCUT2D eigenvalue weighted by Gasteiger charge is 2.23. The number of hydrogen-bond acceptors (Lipinski definition) is 5. The Bertz CT molecular complexity index is 950. The molecule has 2 rings (SSSR count). The summed E-state index contributed by atoms with van der Waals surface area (Å²) >= 11 is 0. The number of carbonyl (C=O) groups is 2. The molecule has 0 fully saturated rings. The third kappa shape index (κ3) is 3.80. The summed E-state index contributed by atoms with van der Waals surface area (Å²) in [6, 6.07) is 8.57. The van der Waals surface area contributed by atoms with Crippen LogP contribution in [-0.2, 0) is 14.8 Å². The lowest BCUT2D eigenvalue weighted by Gasteiger charge is -2.15. The number of para-hydroxylation sites is 1. The Balaban J connectivity index is 2.55. The number of aromatic carboxylic acids is 1. The van der Waals surface area contributed by atoms with Crippen molar-refractivity contribution in [1.29, 1.82) is 0 Å². The second-order valence-corrected chi connectivity index (χ2v) is 7.03. The average Bonchev–Trinajstić information content (AvgIpc) is 2.55. The SMILES string of the molecule is COC(=O)c1ccc(C)c(S(=O)(=O)Nc2c(C)cccc2C(=O)O)c1. The Morgan fingerprint density at radius 2 is 1.76 bits per heavy atom. The summed E-state index contributed by atoms with van der Waals surface area (Å²) in [6.45, 7) is 3.17. The maximum absolute atomic E-state index is 12.8. The van der Waals surface area contributed by atoms with Crippen LogP contribution in [0.1, 0.15) is 31.8 Å². The molecule has 0 saturated carbocycles. The second kappa shape index (κ2) is 6.94. The molecular weight excluding hydrogens is 346 g/mol. The van der Waals surface area contributed by atoms with Crippen LogP contribution in [0.3, 0.4) is 0 Å². The van der Waals surface area contributed by atoms with Crippen molar-refractivity contribution >= 4 is 27.6 Å². The van der Waals surface area contributed by atoms with E-state index in [9.17, 15) is 23.1 Å². The fourth-order valence-electron chi connectivity index (χ4n) is 2.31. The number of hydrogen-bond donors (Lipinski definition) is 2. The highest BCUT2D eigenvalue weighted by Crippen LogP contribution is 2.26. The molecule has 0 aliphatic carbocycles. The van der Waals surface area contributed by atoms with Gasteiger partial charge in [0.25, 0.3) is 10.0 Å². The van der Waals surface area contributed by atoms with E-state index in [1.165, 1.54) is 37.4 Å². The average molecular weight is 363 g/mol.